The van der Waals surface area contributed by atoms with Crippen LogP contribution >= 0.6 is 0 Å². The molecule has 0 fully saturated rings. The lowest BCUT2D eigenvalue weighted by atomic mass is 10.2. The summed E-state index contributed by atoms with van der Waals surface area (Å²) in [6.45, 7) is 0. The second-order valence-electron chi connectivity index (χ2n) is 2.78. The molecule has 1 heterocycles. The lowest BCUT2D eigenvalue weighted by Crippen LogP contribution is -1.95. The van der Waals surface area contributed by atoms with Gasteiger partial charge in [0, 0.05) is 12.4 Å². The highest BCUT2D eigenvalue weighted by Crippen LogP contribution is 2.31. The Hall–Kier alpha value is -1.97. The van der Waals surface area contributed by atoms with Crippen LogP contribution in [0.1, 0.15) is 0 Å². The predicted octanol–water partition coefficient (Wildman–Crippen LogP) is 1.59. The molecule has 4 nitrogen and oxygen atoms in total. The number of benzene rings is 1. The standard InChI is InChI=1S/C10H10N2O2/c1-14-9-5-2-4-8(10(9)13)12-7-3-6-11-12/h2-7,13H,1H3. The number of ether oxygens (including phenoxy) is 1. The number of aromatic hydroxyl groups is 1. The number of hydrogen-bond acceptors (Lipinski definition) is 3. The molecule has 1 aromatic carbocycles. The van der Waals surface area contributed by atoms with Gasteiger partial charge >= 0.3 is 0 Å². The van der Waals surface area contributed by atoms with E-state index in [0.717, 1.165) is 0 Å². The van der Waals surface area contributed by atoms with Gasteiger partial charge < -0.3 is 9.84 Å². The number of nitrogens with zero attached hydrogens (tertiary/aromatic N) is 2. The minimum absolute atomic E-state index is 0.0960. The molecule has 72 valence electrons. The van der Waals surface area contributed by atoms with Crippen LogP contribution in [0.25, 0.3) is 5.69 Å². The van der Waals surface area contributed by atoms with Crippen molar-refractivity contribution in [2.45, 2.75) is 0 Å². The maximum absolute atomic E-state index is 9.77. The van der Waals surface area contributed by atoms with Gasteiger partial charge in [0.15, 0.2) is 11.5 Å². The fraction of sp³-hybridized carbons (Fsp3) is 0.100. The number of rotatable bonds is 2. The molecule has 0 aliphatic rings. The molecule has 2 rings (SSSR count). The summed E-state index contributed by atoms with van der Waals surface area (Å²) in [6.07, 6.45) is 3.41. The van der Waals surface area contributed by atoms with Crippen molar-refractivity contribution in [1.29, 1.82) is 0 Å². The molecule has 4 heteroatoms. The summed E-state index contributed by atoms with van der Waals surface area (Å²) in [4.78, 5) is 0. The van der Waals surface area contributed by atoms with Crippen molar-refractivity contribution in [1.82, 2.24) is 9.78 Å². The van der Waals surface area contributed by atoms with Gasteiger partial charge in [-0.2, -0.15) is 5.10 Å². The number of phenols is 1. The van der Waals surface area contributed by atoms with Gasteiger partial charge in [0.25, 0.3) is 0 Å². The van der Waals surface area contributed by atoms with Crippen molar-refractivity contribution < 1.29 is 9.84 Å². The highest BCUT2D eigenvalue weighted by Gasteiger charge is 2.08. The minimum atomic E-state index is 0.0960. The molecule has 1 N–H and O–H groups in total. The van der Waals surface area contributed by atoms with Crippen LogP contribution in [0.15, 0.2) is 36.7 Å². The van der Waals surface area contributed by atoms with Crippen LogP contribution in [-0.4, -0.2) is 22.0 Å². The van der Waals surface area contributed by atoms with Crippen LogP contribution in [0.3, 0.4) is 0 Å². The third kappa shape index (κ3) is 1.31. The molecule has 0 aliphatic heterocycles. The zero-order valence-electron chi connectivity index (χ0n) is 7.71. The predicted molar refractivity (Wildman–Crippen MR) is 51.8 cm³/mol. The topological polar surface area (TPSA) is 47.3 Å². The Labute approximate surface area is 81.4 Å². The monoisotopic (exact) mass is 190 g/mol. The third-order valence-electron chi connectivity index (χ3n) is 1.95. The van der Waals surface area contributed by atoms with E-state index < -0.39 is 0 Å². The Morgan fingerprint density at radius 1 is 1.36 bits per heavy atom. The lowest BCUT2D eigenvalue weighted by Gasteiger charge is -2.07. The van der Waals surface area contributed by atoms with Gasteiger partial charge in [0.2, 0.25) is 0 Å². The molecule has 0 bridgehead atoms. The molecule has 2 aromatic rings. The summed E-state index contributed by atoms with van der Waals surface area (Å²) in [6, 6.07) is 7.06. The summed E-state index contributed by atoms with van der Waals surface area (Å²) in [5.41, 5.74) is 0.606. The molecular weight excluding hydrogens is 180 g/mol. The van der Waals surface area contributed by atoms with Gasteiger partial charge in [-0.3, -0.25) is 0 Å². The second kappa shape index (κ2) is 3.41. The Morgan fingerprint density at radius 3 is 2.86 bits per heavy atom. The molecular formula is C10H10N2O2. The molecule has 0 saturated heterocycles. The van der Waals surface area contributed by atoms with Crippen molar-refractivity contribution in [3.05, 3.63) is 36.7 Å². The summed E-state index contributed by atoms with van der Waals surface area (Å²) >= 11 is 0. The molecule has 0 unspecified atom stereocenters. The van der Waals surface area contributed by atoms with Crippen LogP contribution in [0.2, 0.25) is 0 Å². The molecule has 0 aliphatic carbocycles. The average Bonchev–Trinajstić information content (AvgIpc) is 2.71. The van der Waals surface area contributed by atoms with Crippen LogP contribution in [-0.2, 0) is 0 Å². The van der Waals surface area contributed by atoms with E-state index in [1.165, 1.54) is 7.11 Å². The van der Waals surface area contributed by atoms with Crippen molar-refractivity contribution in [2.75, 3.05) is 7.11 Å². The molecule has 14 heavy (non-hydrogen) atoms. The first kappa shape index (κ1) is 8.62. The van der Waals surface area contributed by atoms with Crippen molar-refractivity contribution in [3.63, 3.8) is 0 Å². The molecule has 0 radical (unpaired) electrons. The van der Waals surface area contributed by atoms with E-state index in [2.05, 4.69) is 5.10 Å². The Morgan fingerprint density at radius 2 is 2.21 bits per heavy atom. The average molecular weight is 190 g/mol. The summed E-state index contributed by atoms with van der Waals surface area (Å²) < 4.78 is 6.57. The zero-order chi connectivity index (χ0) is 9.97. The fourth-order valence-corrected chi connectivity index (χ4v) is 1.27. The quantitative estimate of drug-likeness (QED) is 0.782. The number of hydrogen-bond donors (Lipinski definition) is 1. The minimum Gasteiger partial charge on any atom is -0.503 e. The Kier molecular flexibility index (Phi) is 2.10. The normalized spacial score (nSPS) is 10.1. The smallest absolute Gasteiger partial charge is 0.184 e. The van der Waals surface area contributed by atoms with E-state index in [-0.39, 0.29) is 5.75 Å². The van der Waals surface area contributed by atoms with E-state index in [4.69, 9.17) is 4.74 Å². The van der Waals surface area contributed by atoms with Gasteiger partial charge in [-0.1, -0.05) is 6.07 Å². The fourth-order valence-electron chi connectivity index (χ4n) is 1.27. The maximum atomic E-state index is 9.77. The van der Waals surface area contributed by atoms with E-state index in [1.807, 2.05) is 0 Å². The van der Waals surface area contributed by atoms with Crippen molar-refractivity contribution in [2.24, 2.45) is 0 Å². The highest BCUT2D eigenvalue weighted by atomic mass is 16.5. The Balaban J connectivity index is 2.54. The number of methoxy groups -OCH3 is 1. The first-order chi connectivity index (χ1) is 6.83. The first-order valence-electron chi connectivity index (χ1n) is 4.19. The number of phenolic OH excluding ortho intramolecular Hbond substituents is 1. The first-order valence-corrected chi connectivity index (χ1v) is 4.19. The SMILES string of the molecule is COc1cccc(-n2cccn2)c1O. The second-order valence-corrected chi connectivity index (χ2v) is 2.78. The van der Waals surface area contributed by atoms with Gasteiger partial charge in [-0.15, -0.1) is 0 Å². The maximum Gasteiger partial charge on any atom is 0.184 e. The molecule has 0 atom stereocenters. The highest BCUT2D eigenvalue weighted by molar-refractivity contribution is 5.54. The third-order valence-corrected chi connectivity index (χ3v) is 1.95. The van der Waals surface area contributed by atoms with Crippen molar-refractivity contribution >= 4 is 0 Å². The Bertz CT molecular complexity index is 424. The molecule has 1 aromatic heterocycles. The molecule has 0 spiro atoms. The largest absolute Gasteiger partial charge is 0.503 e. The van der Waals surface area contributed by atoms with Crippen molar-refractivity contribution in [3.8, 4) is 17.2 Å². The van der Waals surface area contributed by atoms with E-state index in [0.29, 0.717) is 11.4 Å². The van der Waals surface area contributed by atoms with Crippen LogP contribution in [0, 0.1) is 0 Å². The molecule has 0 saturated carbocycles. The number of para-hydroxylation sites is 1. The zero-order valence-corrected chi connectivity index (χ0v) is 7.71. The van der Waals surface area contributed by atoms with Crippen LogP contribution in [0.5, 0.6) is 11.5 Å². The number of aromatic nitrogens is 2. The van der Waals surface area contributed by atoms with Gasteiger partial charge in [-0.25, -0.2) is 4.68 Å². The van der Waals surface area contributed by atoms with E-state index >= 15 is 0 Å². The summed E-state index contributed by atoms with van der Waals surface area (Å²) in [5, 5.41) is 13.8. The van der Waals surface area contributed by atoms with Crippen LogP contribution < -0.4 is 4.74 Å². The lowest BCUT2D eigenvalue weighted by molar-refractivity contribution is 0.372. The van der Waals surface area contributed by atoms with Gasteiger partial charge in [0.1, 0.15) is 5.69 Å². The van der Waals surface area contributed by atoms with E-state index in [9.17, 15) is 5.11 Å². The summed E-state index contributed by atoms with van der Waals surface area (Å²) in [5.74, 6) is 0.539. The summed E-state index contributed by atoms with van der Waals surface area (Å²) in [7, 11) is 1.52. The van der Waals surface area contributed by atoms with E-state index in [1.54, 1.807) is 41.3 Å². The van der Waals surface area contributed by atoms with Gasteiger partial charge in [-0.05, 0) is 18.2 Å². The van der Waals surface area contributed by atoms with Crippen LogP contribution in [0.4, 0.5) is 0 Å². The van der Waals surface area contributed by atoms with Gasteiger partial charge in [0.05, 0.1) is 7.11 Å². The molecule has 0 amide bonds.